The molecule has 0 aliphatic rings. The Balaban J connectivity index is 1.99. The highest BCUT2D eigenvalue weighted by Crippen LogP contribution is 2.33. The summed E-state index contributed by atoms with van der Waals surface area (Å²) in [6.07, 6.45) is -2.48. The molecule has 0 aliphatic heterocycles. The summed E-state index contributed by atoms with van der Waals surface area (Å²) in [6.45, 7) is 0.363. The molecular weight excluding hydrogens is 289 g/mol. The van der Waals surface area contributed by atoms with Crippen molar-refractivity contribution < 1.29 is 13.2 Å². The highest BCUT2D eigenvalue weighted by atomic mass is 35.5. The van der Waals surface area contributed by atoms with Crippen LogP contribution in [0.4, 0.5) is 19.0 Å². The standard InChI is InChI=1S/C14H12ClF3N2/c15-11-5-3-10(4-6-11)7-9-20-13-12(14(16,17)18)2-1-8-19-13/h1-6,8H,7,9H2,(H,19,20). The lowest BCUT2D eigenvalue weighted by atomic mass is 10.1. The molecule has 1 aromatic carbocycles. The normalized spacial score (nSPS) is 11.4. The number of benzene rings is 1. The number of alkyl halides is 3. The van der Waals surface area contributed by atoms with Gasteiger partial charge < -0.3 is 5.32 Å². The predicted octanol–water partition coefficient (Wildman–Crippen LogP) is 4.41. The molecule has 1 aromatic heterocycles. The number of anilines is 1. The van der Waals surface area contributed by atoms with E-state index in [1.54, 1.807) is 12.1 Å². The van der Waals surface area contributed by atoms with Crippen molar-refractivity contribution in [2.45, 2.75) is 12.6 Å². The topological polar surface area (TPSA) is 24.9 Å². The zero-order chi connectivity index (χ0) is 14.6. The molecule has 6 heteroatoms. The van der Waals surface area contributed by atoms with Crippen LogP contribution in [0.5, 0.6) is 0 Å². The van der Waals surface area contributed by atoms with E-state index in [9.17, 15) is 13.2 Å². The number of nitrogens with one attached hydrogen (secondary N) is 1. The number of aromatic nitrogens is 1. The Labute approximate surface area is 119 Å². The molecule has 0 fully saturated rings. The van der Waals surface area contributed by atoms with Crippen LogP contribution < -0.4 is 5.32 Å². The molecule has 20 heavy (non-hydrogen) atoms. The molecule has 0 aliphatic carbocycles. The summed E-state index contributed by atoms with van der Waals surface area (Å²) in [7, 11) is 0. The van der Waals surface area contributed by atoms with Gasteiger partial charge in [0.2, 0.25) is 0 Å². The third-order valence-electron chi connectivity index (χ3n) is 2.73. The summed E-state index contributed by atoms with van der Waals surface area (Å²) < 4.78 is 38.2. The van der Waals surface area contributed by atoms with Crippen LogP contribution in [0, 0.1) is 0 Å². The summed E-state index contributed by atoms with van der Waals surface area (Å²) in [5.41, 5.74) is 0.238. The minimum absolute atomic E-state index is 0.144. The van der Waals surface area contributed by atoms with Gasteiger partial charge >= 0.3 is 6.18 Å². The van der Waals surface area contributed by atoms with Crippen LogP contribution in [0.1, 0.15) is 11.1 Å². The van der Waals surface area contributed by atoms with Crippen LogP contribution >= 0.6 is 11.6 Å². The number of hydrogen-bond acceptors (Lipinski definition) is 2. The summed E-state index contributed by atoms with van der Waals surface area (Å²) in [5.74, 6) is -0.144. The summed E-state index contributed by atoms with van der Waals surface area (Å²) >= 11 is 5.76. The van der Waals surface area contributed by atoms with E-state index in [-0.39, 0.29) is 5.82 Å². The van der Waals surface area contributed by atoms with E-state index in [1.165, 1.54) is 12.3 Å². The first-order chi connectivity index (χ1) is 9.47. The largest absolute Gasteiger partial charge is 0.419 e. The number of halogens is 4. The Hall–Kier alpha value is -1.75. The molecule has 0 radical (unpaired) electrons. The van der Waals surface area contributed by atoms with Gasteiger partial charge in [0.25, 0.3) is 0 Å². The van der Waals surface area contributed by atoms with Crippen molar-refractivity contribution in [1.29, 1.82) is 0 Å². The Morgan fingerprint density at radius 1 is 1.10 bits per heavy atom. The average molecular weight is 301 g/mol. The second-order valence-corrected chi connectivity index (χ2v) is 4.64. The number of rotatable bonds is 4. The fourth-order valence-electron chi connectivity index (χ4n) is 1.75. The van der Waals surface area contributed by atoms with Gasteiger partial charge in [-0.2, -0.15) is 13.2 Å². The highest BCUT2D eigenvalue weighted by molar-refractivity contribution is 6.30. The molecule has 0 saturated heterocycles. The zero-order valence-corrected chi connectivity index (χ0v) is 11.2. The van der Waals surface area contributed by atoms with Crippen molar-refractivity contribution in [2.24, 2.45) is 0 Å². The van der Waals surface area contributed by atoms with Crippen molar-refractivity contribution in [3.63, 3.8) is 0 Å². The summed E-state index contributed by atoms with van der Waals surface area (Å²) in [5, 5.41) is 3.35. The smallest absolute Gasteiger partial charge is 0.369 e. The highest BCUT2D eigenvalue weighted by Gasteiger charge is 2.33. The summed E-state index contributed by atoms with van der Waals surface area (Å²) in [4.78, 5) is 3.74. The van der Waals surface area contributed by atoms with Crippen molar-refractivity contribution in [3.05, 3.63) is 58.7 Å². The molecule has 0 spiro atoms. The van der Waals surface area contributed by atoms with Crippen LogP contribution in [0.25, 0.3) is 0 Å². The van der Waals surface area contributed by atoms with Crippen molar-refractivity contribution in [2.75, 3.05) is 11.9 Å². The maximum atomic E-state index is 12.7. The van der Waals surface area contributed by atoms with Crippen LogP contribution in [-0.2, 0) is 12.6 Å². The first-order valence-corrected chi connectivity index (χ1v) is 6.35. The zero-order valence-electron chi connectivity index (χ0n) is 10.4. The molecule has 2 rings (SSSR count). The molecule has 1 N–H and O–H groups in total. The summed E-state index contributed by atoms with van der Waals surface area (Å²) in [6, 6.07) is 9.46. The van der Waals surface area contributed by atoms with E-state index in [0.29, 0.717) is 18.0 Å². The molecule has 106 valence electrons. The molecule has 0 atom stereocenters. The van der Waals surface area contributed by atoms with Gasteiger partial charge in [-0.05, 0) is 36.2 Å². The van der Waals surface area contributed by atoms with Crippen LogP contribution in [0.15, 0.2) is 42.6 Å². The predicted molar refractivity (Wildman–Crippen MR) is 72.9 cm³/mol. The lowest BCUT2D eigenvalue weighted by Crippen LogP contribution is -2.14. The van der Waals surface area contributed by atoms with E-state index in [4.69, 9.17) is 11.6 Å². The van der Waals surface area contributed by atoms with Crippen LogP contribution in [0.3, 0.4) is 0 Å². The molecule has 0 bridgehead atoms. The Morgan fingerprint density at radius 2 is 1.80 bits per heavy atom. The average Bonchev–Trinajstić information content (AvgIpc) is 2.40. The minimum atomic E-state index is -4.41. The van der Waals surface area contributed by atoms with Crippen LogP contribution in [-0.4, -0.2) is 11.5 Å². The van der Waals surface area contributed by atoms with Crippen molar-refractivity contribution in [1.82, 2.24) is 4.98 Å². The van der Waals surface area contributed by atoms with E-state index < -0.39 is 11.7 Å². The third-order valence-corrected chi connectivity index (χ3v) is 2.98. The number of nitrogens with zero attached hydrogens (tertiary/aromatic N) is 1. The van der Waals surface area contributed by atoms with Gasteiger partial charge in [-0.3, -0.25) is 0 Å². The lowest BCUT2D eigenvalue weighted by Gasteiger charge is -2.13. The first kappa shape index (κ1) is 14.7. The SMILES string of the molecule is FC(F)(F)c1cccnc1NCCc1ccc(Cl)cc1. The van der Waals surface area contributed by atoms with E-state index in [1.807, 2.05) is 12.1 Å². The van der Waals surface area contributed by atoms with Crippen molar-refractivity contribution >= 4 is 17.4 Å². The number of pyridine rings is 1. The molecule has 0 saturated carbocycles. The minimum Gasteiger partial charge on any atom is -0.369 e. The fraction of sp³-hybridized carbons (Fsp3) is 0.214. The van der Waals surface area contributed by atoms with Gasteiger partial charge in [0.1, 0.15) is 5.82 Å². The van der Waals surface area contributed by atoms with Gasteiger partial charge in [0.15, 0.2) is 0 Å². The quantitative estimate of drug-likeness (QED) is 0.905. The maximum absolute atomic E-state index is 12.7. The van der Waals surface area contributed by atoms with Gasteiger partial charge in [-0.25, -0.2) is 4.98 Å². The van der Waals surface area contributed by atoms with Gasteiger partial charge in [0, 0.05) is 17.8 Å². The fourth-order valence-corrected chi connectivity index (χ4v) is 1.88. The van der Waals surface area contributed by atoms with E-state index in [0.717, 1.165) is 11.6 Å². The Bertz CT molecular complexity index is 567. The second kappa shape index (κ2) is 6.13. The van der Waals surface area contributed by atoms with Crippen LogP contribution in [0.2, 0.25) is 5.02 Å². The molecule has 1 heterocycles. The molecular formula is C14H12ClF3N2. The second-order valence-electron chi connectivity index (χ2n) is 4.20. The Morgan fingerprint density at radius 3 is 2.45 bits per heavy atom. The molecule has 0 amide bonds. The monoisotopic (exact) mass is 300 g/mol. The maximum Gasteiger partial charge on any atom is 0.419 e. The van der Waals surface area contributed by atoms with Gasteiger partial charge in [0.05, 0.1) is 5.56 Å². The lowest BCUT2D eigenvalue weighted by molar-refractivity contribution is -0.137. The first-order valence-electron chi connectivity index (χ1n) is 5.97. The molecule has 0 unspecified atom stereocenters. The van der Waals surface area contributed by atoms with Gasteiger partial charge in [-0.1, -0.05) is 23.7 Å². The van der Waals surface area contributed by atoms with E-state index >= 15 is 0 Å². The van der Waals surface area contributed by atoms with Gasteiger partial charge in [-0.15, -0.1) is 0 Å². The molecule has 2 nitrogen and oxygen atoms in total. The Kier molecular flexibility index (Phi) is 4.49. The van der Waals surface area contributed by atoms with E-state index in [2.05, 4.69) is 10.3 Å². The third kappa shape index (κ3) is 3.87. The number of hydrogen-bond donors (Lipinski definition) is 1. The molecule has 2 aromatic rings. The van der Waals surface area contributed by atoms with Crippen molar-refractivity contribution in [3.8, 4) is 0 Å².